The van der Waals surface area contributed by atoms with Crippen molar-refractivity contribution < 1.29 is 24.2 Å². The number of phenolic OH excluding ortho intramolecular Hbond substituents is 1. The Kier molecular flexibility index (Phi) is 7.59. The van der Waals surface area contributed by atoms with Gasteiger partial charge in [-0.25, -0.2) is 28.5 Å². The van der Waals surface area contributed by atoms with Crippen LogP contribution in [0.25, 0.3) is 21.8 Å². The first kappa shape index (κ1) is 32.4. The maximum absolute atomic E-state index is 14.2. The number of allylic oxidation sites excluding steroid dienone is 6. The number of carbonyl (C=O) groups is 2. The molecule has 0 saturated heterocycles. The molecule has 1 aliphatic heterocycles. The Labute approximate surface area is 297 Å². The lowest BCUT2D eigenvalue weighted by Crippen LogP contribution is -2.40. The topological polar surface area (TPSA) is 157 Å². The van der Waals surface area contributed by atoms with Crippen LogP contribution in [-0.4, -0.2) is 54.4 Å². The molecule has 3 heterocycles. The molecule has 0 amide bonds. The molecule has 0 bridgehead atoms. The Morgan fingerprint density at radius 1 is 0.980 bits per heavy atom. The van der Waals surface area contributed by atoms with Gasteiger partial charge in [0.05, 0.1) is 42.3 Å². The minimum atomic E-state index is -0.851. The number of aryl methyl sites for hydroxylation is 2. The minimum absolute atomic E-state index is 0.0129. The second-order valence-electron chi connectivity index (χ2n) is 12.7. The monoisotopic (exact) mass is 751 g/mol. The van der Waals surface area contributed by atoms with Gasteiger partial charge in [0.1, 0.15) is 11.4 Å². The van der Waals surface area contributed by atoms with Crippen LogP contribution in [0, 0.1) is 0 Å². The molecule has 51 heavy (non-hydrogen) atoms. The van der Waals surface area contributed by atoms with Crippen LogP contribution in [-0.2, 0) is 36.1 Å². The second kappa shape index (κ2) is 11.9. The van der Waals surface area contributed by atoms with E-state index in [0.717, 1.165) is 9.95 Å². The fourth-order valence-corrected chi connectivity index (χ4v) is 8.12. The summed E-state index contributed by atoms with van der Waals surface area (Å²) in [7, 11) is 4.60. The molecule has 8 rings (SSSR count). The molecule has 0 spiro atoms. The number of ketones is 2. The van der Waals surface area contributed by atoms with Gasteiger partial charge in [-0.3, -0.25) is 14.4 Å². The van der Waals surface area contributed by atoms with E-state index in [4.69, 9.17) is 9.47 Å². The van der Waals surface area contributed by atoms with Crippen molar-refractivity contribution in [2.75, 3.05) is 14.2 Å². The van der Waals surface area contributed by atoms with Gasteiger partial charge in [0, 0.05) is 72.7 Å². The van der Waals surface area contributed by atoms with E-state index in [0.29, 0.717) is 39.1 Å². The molecule has 1 N–H and O–H groups in total. The highest BCUT2D eigenvalue weighted by atomic mass is 79.9. The Hall–Kier alpha value is -5.76. The Balaban J connectivity index is 1.21. The standard InChI is InChI=1S/C37H30BrN5O8/c1-40-27-17-30(51-3)29(50-2)16-25(27)39-24(35(40)47)11-12-41-36(48)42-13-10-20-26(43(42)37(41)49)14-22-32(28(44)15-23(38)34(22)46)31(20)21-9-8-18-6-4-5-7-19(18)33(21)45/h4-10,15-17,26,31,45H,11-14H2,1-3H3/t26-,31-/m1/s1. The van der Waals surface area contributed by atoms with Crippen molar-refractivity contribution in [3.05, 3.63) is 124 Å². The highest BCUT2D eigenvalue weighted by molar-refractivity contribution is 9.12. The second-order valence-corrected chi connectivity index (χ2v) is 13.5. The number of fused-ring (bicyclic) bond motifs is 5. The van der Waals surface area contributed by atoms with Crippen LogP contribution >= 0.6 is 15.9 Å². The van der Waals surface area contributed by atoms with Crippen LogP contribution in [0.2, 0.25) is 0 Å². The summed E-state index contributed by atoms with van der Waals surface area (Å²) in [4.78, 5) is 73.1. The van der Waals surface area contributed by atoms with Gasteiger partial charge < -0.3 is 19.1 Å². The number of methoxy groups -OCH3 is 2. The van der Waals surface area contributed by atoms with Crippen LogP contribution in [0.5, 0.6) is 17.2 Å². The predicted molar refractivity (Wildman–Crippen MR) is 191 cm³/mol. The smallest absolute Gasteiger partial charge is 0.347 e. The van der Waals surface area contributed by atoms with E-state index in [1.807, 2.05) is 18.2 Å². The maximum Gasteiger partial charge on any atom is 0.347 e. The van der Waals surface area contributed by atoms with E-state index in [2.05, 4.69) is 20.9 Å². The number of nitrogens with zero attached hydrogens (tertiary/aromatic N) is 5. The number of phenols is 1. The number of aromatic nitrogens is 5. The average Bonchev–Trinajstić information content (AvgIpc) is 3.38. The third-order valence-corrected chi connectivity index (χ3v) is 10.7. The lowest BCUT2D eigenvalue weighted by atomic mass is 9.68. The van der Waals surface area contributed by atoms with Crippen LogP contribution in [0.4, 0.5) is 0 Å². The Bertz CT molecular complexity index is 2670. The fourth-order valence-electron chi connectivity index (χ4n) is 7.67. The van der Waals surface area contributed by atoms with Gasteiger partial charge in [-0.2, -0.15) is 0 Å². The van der Waals surface area contributed by atoms with E-state index in [1.165, 1.54) is 34.2 Å². The van der Waals surface area contributed by atoms with Crippen molar-refractivity contribution in [2.24, 2.45) is 7.05 Å². The summed E-state index contributed by atoms with van der Waals surface area (Å²) in [6, 6.07) is 13.4. The highest BCUT2D eigenvalue weighted by Gasteiger charge is 2.45. The van der Waals surface area contributed by atoms with Crippen molar-refractivity contribution in [2.45, 2.75) is 37.9 Å². The van der Waals surface area contributed by atoms with Crippen LogP contribution in [0.15, 0.2) is 96.3 Å². The summed E-state index contributed by atoms with van der Waals surface area (Å²) in [5, 5.41) is 13.0. The van der Waals surface area contributed by atoms with Gasteiger partial charge in [0.15, 0.2) is 23.1 Å². The molecular formula is C37H30BrN5O8. The van der Waals surface area contributed by atoms with Crippen molar-refractivity contribution in [3.8, 4) is 17.2 Å². The molecule has 0 unspecified atom stereocenters. The van der Waals surface area contributed by atoms with Crippen LogP contribution in [0.1, 0.15) is 29.6 Å². The number of ether oxygens (including phenoxy) is 2. The SMILES string of the molecule is COc1cc2nc(CCn3c(=O)n4n(c3=O)[C@@H]3CC5=C(C(=O)C=C(Br)C5=O)[C@@H](c5ccc6ccccc6c5O)C3=CC4)c(=O)n(C)c2cc1OC. The van der Waals surface area contributed by atoms with Crippen molar-refractivity contribution >= 4 is 49.3 Å². The van der Waals surface area contributed by atoms with Gasteiger partial charge in [0.25, 0.3) is 5.56 Å². The molecule has 2 aliphatic carbocycles. The minimum Gasteiger partial charge on any atom is -0.507 e. The lowest BCUT2D eigenvalue weighted by molar-refractivity contribution is -0.115. The summed E-state index contributed by atoms with van der Waals surface area (Å²) in [5.74, 6) is -0.783. The number of hydrogen-bond donors (Lipinski definition) is 1. The molecule has 0 fully saturated rings. The summed E-state index contributed by atoms with van der Waals surface area (Å²) in [5.41, 5.74) is 1.04. The van der Waals surface area contributed by atoms with E-state index >= 15 is 0 Å². The largest absolute Gasteiger partial charge is 0.507 e. The number of halogens is 1. The van der Waals surface area contributed by atoms with Gasteiger partial charge in [-0.05, 0) is 26.9 Å². The van der Waals surface area contributed by atoms with Crippen molar-refractivity contribution in [3.63, 3.8) is 0 Å². The van der Waals surface area contributed by atoms with E-state index in [1.54, 1.807) is 43.5 Å². The molecular weight excluding hydrogens is 722 g/mol. The van der Waals surface area contributed by atoms with Gasteiger partial charge in [-0.1, -0.05) is 42.5 Å². The number of rotatable bonds is 6. The zero-order chi connectivity index (χ0) is 35.9. The van der Waals surface area contributed by atoms with Gasteiger partial charge in [0.2, 0.25) is 0 Å². The lowest BCUT2D eigenvalue weighted by Gasteiger charge is -2.39. The third kappa shape index (κ3) is 4.80. The first-order valence-electron chi connectivity index (χ1n) is 16.2. The molecule has 3 aromatic carbocycles. The number of Topliss-reactive ketones (excluding diaryl/α,β-unsaturated/α-hetero) is 1. The van der Waals surface area contributed by atoms with E-state index in [-0.39, 0.29) is 64.3 Å². The first-order valence-corrected chi connectivity index (χ1v) is 17.0. The Morgan fingerprint density at radius 2 is 1.73 bits per heavy atom. The number of carbonyl (C=O) groups excluding carboxylic acids is 2. The molecule has 2 aromatic heterocycles. The normalized spacial score (nSPS) is 18.4. The van der Waals surface area contributed by atoms with Crippen molar-refractivity contribution in [1.29, 1.82) is 0 Å². The molecule has 14 heteroatoms. The third-order valence-electron chi connectivity index (χ3n) is 10.1. The molecule has 13 nitrogen and oxygen atoms in total. The maximum atomic E-state index is 14.2. The van der Waals surface area contributed by atoms with E-state index < -0.39 is 29.1 Å². The summed E-state index contributed by atoms with van der Waals surface area (Å²) in [6.45, 7) is -0.123. The molecule has 0 radical (unpaired) electrons. The summed E-state index contributed by atoms with van der Waals surface area (Å²) < 4.78 is 16.0. The van der Waals surface area contributed by atoms with Crippen LogP contribution in [0.3, 0.4) is 0 Å². The van der Waals surface area contributed by atoms with E-state index in [9.17, 15) is 29.1 Å². The molecule has 5 aromatic rings. The number of benzene rings is 3. The summed E-state index contributed by atoms with van der Waals surface area (Å²) in [6.07, 6.45) is 3.01. The van der Waals surface area contributed by atoms with Crippen molar-refractivity contribution in [1.82, 2.24) is 23.5 Å². The fraction of sp³-hybridized carbons (Fsp3) is 0.243. The average molecular weight is 753 g/mol. The predicted octanol–water partition coefficient (Wildman–Crippen LogP) is 3.57. The number of aromatic hydroxyl groups is 1. The molecule has 2 atom stereocenters. The quantitative estimate of drug-likeness (QED) is 0.202. The van der Waals surface area contributed by atoms with Crippen LogP contribution < -0.4 is 26.4 Å². The molecule has 258 valence electrons. The molecule has 3 aliphatic rings. The summed E-state index contributed by atoms with van der Waals surface area (Å²) >= 11 is 3.23. The number of hydrogen-bond acceptors (Lipinski definition) is 9. The highest BCUT2D eigenvalue weighted by Crippen LogP contribution is 2.52. The van der Waals surface area contributed by atoms with Gasteiger partial charge in [-0.15, -0.1) is 0 Å². The Morgan fingerprint density at radius 3 is 2.49 bits per heavy atom. The zero-order valence-electron chi connectivity index (χ0n) is 27.7. The zero-order valence-corrected chi connectivity index (χ0v) is 29.3. The molecule has 0 saturated carbocycles. The first-order chi connectivity index (χ1) is 24.5. The van der Waals surface area contributed by atoms with Gasteiger partial charge >= 0.3 is 11.4 Å².